The van der Waals surface area contributed by atoms with Gasteiger partial charge in [-0.1, -0.05) is 60.7 Å². The number of benzene rings is 13. The first-order valence-electron chi connectivity index (χ1n) is 24.8. The van der Waals surface area contributed by atoms with Crippen LogP contribution in [0.2, 0.25) is 0 Å². The zero-order chi connectivity index (χ0) is 47.3. The Kier molecular flexibility index (Phi) is 9.35. The van der Waals surface area contributed by atoms with Gasteiger partial charge < -0.3 is 0 Å². The van der Waals surface area contributed by atoms with Gasteiger partial charge in [0.2, 0.25) is 0 Å². The van der Waals surface area contributed by atoms with E-state index in [4.69, 9.17) is 0 Å². The van der Waals surface area contributed by atoms with Crippen molar-refractivity contribution in [3.05, 3.63) is 261 Å². The van der Waals surface area contributed by atoms with E-state index in [2.05, 4.69) is 265 Å². The summed E-state index contributed by atoms with van der Waals surface area (Å²) in [6.07, 6.45) is 0. The van der Waals surface area contributed by atoms with Crippen molar-refractivity contribution in [3.8, 4) is 61.3 Å². The van der Waals surface area contributed by atoms with Crippen LogP contribution in [0.25, 0.3) is 146 Å². The fraction of sp³-hybridized carbons (Fsp3) is 0. The fourth-order valence-corrected chi connectivity index (χ4v) is 14.5. The average Bonchev–Trinajstić information content (AvgIpc) is 3.99. The summed E-state index contributed by atoms with van der Waals surface area (Å²) < 4.78 is 5.42. The Morgan fingerprint density at radius 3 is 1.17 bits per heavy atom. The first kappa shape index (κ1) is 41.0. The molecule has 0 aliphatic heterocycles. The second-order valence-corrected chi connectivity index (χ2v) is 21.3. The summed E-state index contributed by atoms with van der Waals surface area (Å²) in [5, 5.41) is 15.3. The first-order chi connectivity index (χ1) is 35.7. The SMILES string of the molecule is c1ccc(-c2ccc3c(c2)c2cc(-c4ccccc4)ccc2n3-c2c3ccccc3c(-c3ccc4c(c3)[se]c3cccc(-c5c6ccccc6c(-c6ccccc6)c6ccccc56)c34)c3ccccc23)cc1. The Morgan fingerprint density at radius 1 is 0.236 bits per heavy atom. The average molecular weight is 977 g/mol. The molecule has 0 unspecified atom stereocenters. The minimum absolute atomic E-state index is 0.123. The third-order valence-electron chi connectivity index (χ3n) is 15.2. The molecule has 2 aromatic heterocycles. The number of aromatic nitrogens is 1. The molecule has 0 aliphatic rings. The van der Waals surface area contributed by atoms with Crippen molar-refractivity contribution in [3.63, 3.8) is 0 Å². The number of fused-ring (bicyclic) bond motifs is 10. The molecule has 0 atom stereocenters. The second kappa shape index (κ2) is 16.4. The van der Waals surface area contributed by atoms with Crippen LogP contribution >= 0.6 is 0 Å². The van der Waals surface area contributed by atoms with Crippen molar-refractivity contribution in [2.24, 2.45) is 0 Å². The van der Waals surface area contributed by atoms with Crippen molar-refractivity contribution in [2.75, 3.05) is 0 Å². The standard InChI is InChI=1S/C70H43NSe/c1-4-19-44(20-5-1)47-36-39-62-60(41-47)61-42-48(45-21-6-2-7-22-45)37-40-63(61)71(62)70-56-31-16-14-29-54(56)67(55-30-15-17-32-57(55)70)49-35-38-58-65(43-49)72-64-34-18-33-59(69(58)64)68-52-27-12-10-25-50(52)66(46-23-8-3-9-24-46)51-26-11-13-28-53(51)68/h1-43H. The predicted octanol–water partition coefficient (Wildman–Crippen LogP) is 19.1. The Morgan fingerprint density at radius 2 is 0.653 bits per heavy atom. The van der Waals surface area contributed by atoms with E-state index in [-0.39, 0.29) is 14.5 Å². The topological polar surface area (TPSA) is 4.93 Å². The van der Waals surface area contributed by atoms with Crippen molar-refractivity contribution in [1.29, 1.82) is 0 Å². The van der Waals surface area contributed by atoms with Gasteiger partial charge in [-0.2, -0.15) is 0 Å². The molecule has 0 aliphatic carbocycles. The van der Waals surface area contributed by atoms with E-state index in [0.717, 1.165) is 0 Å². The number of rotatable bonds is 6. The maximum atomic E-state index is 2.55. The predicted molar refractivity (Wildman–Crippen MR) is 310 cm³/mol. The van der Waals surface area contributed by atoms with Crippen LogP contribution in [0.3, 0.4) is 0 Å². The zero-order valence-corrected chi connectivity index (χ0v) is 40.9. The third-order valence-corrected chi connectivity index (χ3v) is 17.5. The quantitative estimate of drug-likeness (QED) is 0.116. The van der Waals surface area contributed by atoms with Gasteiger partial charge in [0.15, 0.2) is 0 Å². The summed E-state index contributed by atoms with van der Waals surface area (Å²) in [5.74, 6) is 0. The summed E-state index contributed by atoms with van der Waals surface area (Å²) in [6, 6.07) is 97.2. The Hall–Kier alpha value is -8.78. The second-order valence-electron chi connectivity index (χ2n) is 19.0. The van der Waals surface area contributed by atoms with Crippen molar-refractivity contribution < 1.29 is 0 Å². The summed E-state index contributed by atoms with van der Waals surface area (Å²) in [6.45, 7) is 0. The summed E-state index contributed by atoms with van der Waals surface area (Å²) in [4.78, 5) is 0. The molecule has 0 saturated carbocycles. The molecular weight excluding hydrogens is 934 g/mol. The number of hydrogen-bond donors (Lipinski definition) is 0. The first-order valence-corrected chi connectivity index (χ1v) is 26.5. The molecule has 0 saturated heterocycles. The van der Waals surface area contributed by atoms with E-state index in [1.807, 2.05) is 0 Å². The summed E-state index contributed by atoms with van der Waals surface area (Å²) in [7, 11) is 0. The molecule has 0 N–H and O–H groups in total. The van der Waals surface area contributed by atoms with Crippen LogP contribution in [0, 0.1) is 0 Å². The number of hydrogen-bond acceptors (Lipinski definition) is 0. The molecule has 1 nitrogen and oxygen atoms in total. The maximum absolute atomic E-state index is 2.55. The van der Waals surface area contributed by atoms with Crippen molar-refractivity contribution in [2.45, 2.75) is 0 Å². The van der Waals surface area contributed by atoms with Gasteiger partial charge in [-0.05, 0) is 11.1 Å². The maximum Gasteiger partial charge on any atom is -0.0544 e. The van der Waals surface area contributed by atoms with Crippen LogP contribution in [0.15, 0.2) is 261 Å². The molecule has 13 aromatic carbocycles. The molecule has 0 bridgehead atoms. The van der Waals surface area contributed by atoms with E-state index < -0.39 is 0 Å². The van der Waals surface area contributed by atoms with Gasteiger partial charge in [-0.25, -0.2) is 0 Å². The molecule has 0 spiro atoms. The van der Waals surface area contributed by atoms with Gasteiger partial charge in [-0.3, -0.25) is 0 Å². The molecule has 0 fully saturated rings. The van der Waals surface area contributed by atoms with Crippen LogP contribution in [0.5, 0.6) is 0 Å². The van der Waals surface area contributed by atoms with Crippen LogP contribution in [0.1, 0.15) is 0 Å². The molecule has 334 valence electrons. The van der Waals surface area contributed by atoms with E-state index in [1.54, 1.807) is 0 Å². The van der Waals surface area contributed by atoms with E-state index in [1.165, 1.54) is 146 Å². The largest absolute Gasteiger partial charge is 0.0617 e. The Bertz CT molecular complexity index is 4450. The summed E-state index contributed by atoms with van der Waals surface area (Å²) in [5.41, 5.74) is 16.2. The van der Waals surface area contributed by atoms with Crippen molar-refractivity contribution >= 4 is 98.7 Å². The van der Waals surface area contributed by atoms with Gasteiger partial charge in [0.05, 0.1) is 0 Å². The van der Waals surface area contributed by atoms with Crippen LogP contribution in [-0.2, 0) is 0 Å². The fourth-order valence-electron chi connectivity index (χ4n) is 12.1. The monoisotopic (exact) mass is 977 g/mol. The molecular formula is C70H43NSe. The van der Waals surface area contributed by atoms with Crippen LogP contribution in [-0.4, -0.2) is 19.1 Å². The minimum Gasteiger partial charge on any atom is -0.0617 e. The van der Waals surface area contributed by atoms with Gasteiger partial charge in [0, 0.05) is 0 Å². The minimum atomic E-state index is 0.123. The third kappa shape index (κ3) is 6.27. The van der Waals surface area contributed by atoms with Gasteiger partial charge >= 0.3 is 354 Å². The smallest absolute Gasteiger partial charge is 0.0544 e. The van der Waals surface area contributed by atoms with Crippen molar-refractivity contribution in [1.82, 2.24) is 4.57 Å². The summed E-state index contributed by atoms with van der Waals surface area (Å²) >= 11 is 0.123. The molecule has 0 amide bonds. The Labute approximate surface area is 422 Å². The Balaban J connectivity index is 0.956. The van der Waals surface area contributed by atoms with Gasteiger partial charge in [-0.15, -0.1) is 0 Å². The van der Waals surface area contributed by atoms with Crippen LogP contribution in [0.4, 0.5) is 0 Å². The molecule has 72 heavy (non-hydrogen) atoms. The molecule has 2 heteroatoms. The van der Waals surface area contributed by atoms with Gasteiger partial charge in [0.1, 0.15) is 0 Å². The van der Waals surface area contributed by atoms with E-state index >= 15 is 0 Å². The van der Waals surface area contributed by atoms with E-state index in [9.17, 15) is 0 Å². The van der Waals surface area contributed by atoms with E-state index in [0.29, 0.717) is 0 Å². The van der Waals surface area contributed by atoms with Crippen LogP contribution < -0.4 is 0 Å². The molecule has 0 radical (unpaired) electrons. The molecule has 2 heterocycles. The molecule has 15 rings (SSSR count). The molecule has 15 aromatic rings. The zero-order valence-electron chi connectivity index (χ0n) is 39.2. The number of nitrogens with zero attached hydrogens (tertiary/aromatic N) is 1. The normalized spacial score (nSPS) is 11.9. The van der Waals surface area contributed by atoms with Gasteiger partial charge in [0.25, 0.3) is 0 Å².